The van der Waals surface area contributed by atoms with Crippen LogP contribution >= 0.6 is 0 Å². The highest BCUT2D eigenvalue weighted by atomic mass is 28.4. The molecule has 5 heteroatoms. The van der Waals surface area contributed by atoms with Crippen LogP contribution in [-0.4, -0.2) is 40.0 Å². The highest BCUT2D eigenvalue weighted by Gasteiger charge is 2.70. The molecule has 0 aromatic heterocycles. The van der Waals surface area contributed by atoms with Gasteiger partial charge in [-0.3, -0.25) is 0 Å². The van der Waals surface area contributed by atoms with Crippen LogP contribution in [0, 0.1) is 23.7 Å². The van der Waals surface area contributed by atoms with Crippen molar-refractivity contribution in [3.63, 3.8) is 0 Å². The van der Waals surface area contributed by atoms with Gasteiger partial charge in [-0.15, -0.1) is 6.58 Å². The molecule has 37 heavy (non-hydrogen) atoms. The van der Waals surface area contributed by atoms with E-state index in [0.717, 1.165) is 37.7 Å². The number of allylic oxidation sites excluding steroid dienone is 2. The summed E-state index contributed by atoms with van der Waals surface area (Å²) >= 11 is 0. The summed E-state index contributed by atoms with van der Waals surface area (Å²) in [5, 5.41) is 0.145. The lowest BCUT2D eigenvalue weighted by atomic mass is 9.64. The number of hydrogen-bond donors (Lipinski definition) is 0. The second kappa shape index (κ2) is 9.95. The Bertz CT molecular complexity index is 1070. The average Bonchev–Trinajstić information content (AvgIpc) is 3.09. The Morgan fingerprint density at radius 3 is 2.46 bits per heavy atom. The van der Waals surface area contributed by atoms with Crippen molar-refractivity contribution in [3.05, 3.63) is 60.7 Å². The van der Waals surface area contributed by atoms with Gasteiger partial charge in [-0.05, 0) is 75.6 Å². The maximum absolute atomic E-state index is 7.34. The van der Waals surface area contributed by atoms with Gasteiger partial charge in [0.25, 0.3) is 0 Å². The molecule has 0 amide bonds. The van der Waals surface area contributed by atoms with Crippen LogP contribution < -0.4 is 0 Å². The lowest BCUT2D eigenvalue weighted by Crippen LogP contribution is -2.65. The van der Waals surface area contributed by atoms with Crippen LogP contribution in [0.3, 0.4) is 0 Å². The van der Waals surface area contributed by atoms with E-state index < -0.39 is 27.8 Å². The van der Waals surface area contributed by atoms with Crippen molar-refractivity contribution in [1.29, 1.82) is 0 Å². The molecule has 1 spiro atoms. The first-order chi connectivity index (χ1) is 17.2. The van der Waals surface area contributed by atoms with Gasteiger partial charge in [0, 0.05) is 23.8 Å². The summed E-state index contributed by atoms with van der Waals surface area (Å²) in [6.45, 7) is 23.3. The van der Waals surface area contributed by atoms with E-state index in [0.29, 0.717) is 12.5 Å². The van der Waals surface area contributed by atoms with Crippen LogP contribution in [0.25, 0.3) is 0 Å². The van der Waals surface area contributed by atoms with E-state index in [2.05, 4.69) is 114 Å². The Labute approximate surface area is 228 Å². The number of hydrogen-bond acceptors (Lipinski definition) is 3. The number of fused-ring (bicyclic) bond motifs is 1. The summed E-state index contributed by atoms with van der Waals surface area (Å²) < 4.78 is 21.5. The van der Waals surface area contributed by atoms with Crippen LogP contribution in [0.4, 0.5) is 0 Å². The van der Waals surface area contributed by atoms with E-state index in [1.165, 1.54) is 0 Å². The predicted octanol–water partition coefficient (Wildman–Crippen LogP) is 8.11. The topological polar surface area (TPSA) is 27.7 Å². The van der Waals surface area contributed by atoms with Gasteiger partial charge < -0.3 is 13.6 Å². The van der Waals surface area contributed by atoms with Gasteiger partial charge >= 0.3 is 0 Å². The Morgan fingerprint density at radius 1 is 1.14 bits per heavy atom. The van der Waals surface area contributed by atoms with Crippen molar-refractivity contribution in [2.24, 2.45) is 11.8 Å². The first kappa shape index (κ1) is 28.6. The van der Waals surface area contributed by atoms with E-state index in [1.807, 2.05) is 6.07 Å². The van der Waals surface area contributed by atoms with Crippen molar-refractivity contribution >= 4 is 16.6 Å². The molecule has 0 unspecified atom stereocenters. The highest BCUT2D eigenvalue weighted by Crippen LogP contribution is 2.63. The van der Waals surface area contributed by atoms with Gasteiger partial charge in [-0.1, -0.05) is 69.0 Å². The summed E-state index contributed by atoms with van der Waals surface area (Å²) in [7, 11) is -3.95. The molecular weight excluding hydrogens is 489 g/mol. The minimum atomic E-state index is -1.98. The molecule has 0 N–H and O–H groups in total. The second-order valence-electron chi connectivity index (χ2n) is 14.0. The van der Waals surface area contributed by atoms with Crippen molar-refractivity contribution in [2.75, 3.05) is 6.61 Å². The third-order valence-electron chi connectivity index (χ3n) is 9.02. The number of benzene rings is 1. The maximum Gasteiger partial charge on any atom is 0.192 e. The molecule has 1 aliphatic carbocycles. The van der Waals surface area contributed by atoms with E-state index >= 15 is 0 Å². The van der Waals surface area contributed by atoms with Crippen LogP contribution in [0.15, 0.2) is 55.1 Å². The fourth-order valence-electron chi connectivity index (χ4n) is 6.47. The quantitative estimate of drug-likeness (QED) is 0.200. The molecule has 5 atom stereocenters. The standard InChI is InChI=1S/C32H48O3Si2/c1-10-16-28-31(35-36(5,6)7,22-20-26-17-12-11-13-18-26)24-30(25-33-37(8,9)29(2,3)4)23-27-19-14-15-21-32(27,28)34-30/h10-14,17-19,27-28H,1,15-16,21,23-25H2,2-9H3/t27-,28-,30+,31-,32-/m0/s1. The minimum Gasteiger partial charge on any atom is -0.414 e. The summed E-state index contributed by atoms with van der Waals surface area (Å²) in [5.74, 6) is 7.81. The largest absolute Gasteiger partial charge is 0.414 e. The SMILES string of the molecule is C=CC[C@@H]1[C@]23CCC=C[C@H]2C[C@](CO[Si](C)(C)C(C)(C)C)(C[C@]1(C#Cc1ccccc1)O[Si](C)(C)C)O3. The molecule has 2 bridgehead atoms. The zero-order valence-electron chi connectivity index (χ0n) is 24.4. The molecule has 0 radical (unpaired) electrons. The van der Waals surface area contributed by atoms with E-state index in [1.54, 1.807) is 0 Å². The summed E-state index contributed by atoms with van der Waals surface area (Å²) in [6.07, 6.45) is 11.4. The van der Waals surface area contributed by atoms with Crippen LogP contribution in [0.1, 0.15) is 58.4 Å². The van der Waals surface area contributed by atoms with Crippen molar-refractivity contribution in [2.45, 2.75) is 107 Å². The second-order valence-corrected chi connectivity index (χ2v) is 23.3. The van der Waals surface area contributed by atoms with Crippen LogP contribution in [0.5, 0.6) is 0 Å². The molecular formula is C32H48O3Si2. The fraction of sp³-hybridized carbons (Fsp3) is 0.625. The Hall–Kier alpha value is -1.43. The molecule has 3 aliphatic rings. The minimum absolute atomic E-state index is 0.124. The molecule has 1 aromatic rings. The molecule has 0 saturated carbocycles. The monoisotopic (exact) mass is 536 g/mol. The third kappa shape index (κ3) is 5.65. The Morgan fingerprint density at radius 2 is 1.84 bits per heavy atom. The number of rotatable bonds is 7. The van der Waals surface area contributed by atoms with Crippen molar-refractivity contribution in [3.8, 4) is 11.8 Å². The van der Waals surface area contributed by atoms with Crippen LogP contribution in [0.2, 0.25) is 37.8 Å². The third-order valence-corrected chi connectivity index (χ3v) is 14.5. The van der Waals surface area contributed by atoms with Crippen molar-refractivity contribution in [1.82, 2.24) is 0 Å². The van der Waals surface area contributed by atoms with Crippen LogP contribution in [-0.2, 0) is 13.6 Å². The summed E-state index contributed by atoms with van der Waals surface area (Å²) in [4.78, 5) is 0. The molecule has 2 aliphatic heterocycles. The molecule has 2 saturated heterocycles. The Balaban J connectivity index is 1.85. The van der Waals surface area contributed by atoms with Gasteiger partial charge in [0.15, 0.2) is 16.6 Å². The molecule has 202 valence electrons. The normalized spacial score (nSPS) is 33.4. The summed E-state index contributed by atoms with van der Waals surface area (Å²) in [5.41, 5.74) is -0.286. The number of ether oxygens (including phenoxy) is 1. The molecule has 4 rings (SSSR count). The zero-order valence-corrected chi connectivity index (χ0v) is 26.4. The fourth-order valence-corrected chi connectivity index (χ4v) is 8.89. The smallest absolute Gasteiger partial charge is 0.192 e. The Kier molecular flexibility index (Phi) is 7.69. The molecule has 2 fully saturated rings. The van der Waals surface area contributed by atoms with Gasteiger partial charge in [0.2, 0.25) is 0 Å². The van der Waals surface area contributed by atoms with Gasteiger partial charge in [-0.25, -0.2) is 0 Å². The van der Waals surface area contributed by atoms with E-state index in [4.69, 9.17) is 13.6 Å². The lowest BCUT2D eigenvalue weighted by Gasteiger charge is -2.57. The average molecular weight is 537 g/mol. The lowest BCUT2D eigenvalue weighted by molar-refractivity contribution is -0.238. The zero-order chi connectivity index (χ0) is 27.2. The van der Waals surface area contributed by atoms with Gasteiger partial charge in [-0.2, -0.15) is 0 Å². The predicted molar refractivity (Wildman–Crippen MR) is 160 cm³/mol. The first-order valence-electron chi connectivity index (χ1n) is 14.1. The molecule has 2 heterocycles. The van der Waals surface area contributed by atoms with E-state index in [-0.39, 0.29) is 16.6 Å². The first-order valence-corrected chi connectivity index (χ1v) is 20.4. The molecule has 1 aromatic carbocycles. The maximum atomic E-state index is 7.34. The van der Waals surface area contributed by atoms with E-state index in [9.17, 15) is 0 Å². The van der Waals surface area contributed by atoms with Crippen molar-refractivity contribution < 1.29 is 13.6 Å². The summed E-state index contributed by atoms with van der Waals surface area (Å²) in [6, 6.07) is 10.3. The molecule has 3 nitrogen and oxygen atoms in total. The van der Waals surface area contributed by atoms with Gasteiger partial charge in [0.05, 0.1) is 17.8 Å². The highest BCUT2D eigenvalue weighted by molar-refractivity contribution is 6.74. The van der Waals surface area contributed by atoms with Gasteiger partial charge in [0.1, 0.15) is 5.60 Å².